The first-order chi connectivity index (χ1) is 14.6. The molecule has 0 spiro atoms. The molecule has 0 saturated carbocycles. The lowest BCUT2D eigenvalue weighted by Gasteiger charge is -2.42. The van der Waals surface area contributed by atoms with Gasteiger partial charge in [0.05, 0.1) is 11.4 Å². The number of benzene rings is 1. The molecule has 2 aliphatic rings. The van der Waals surface area contributed by atoms with Gasteiger partial charge in [-0.15, -0.1) is 10.2 Å². The molecule has 4 heterocycles. The van der Waals surface area contributed by atoms with Gasteiger partial charge in [-0.3, -0.25) is 4.68 Å². The number of piperidine rings is 2. The maximum atomic E-state index is 14.7. The number of rotatable bonds is 4. The molecule has 156 valence electrons. The van der Waals surface area contributed by atoms with Crippen molar-refractivity contribution in [1.29, 1.82) is 0 Å². The van der Waals surface area contributed by atoms with Gasteiger partial charge < -0.3 is 15.2 Å². The van der Waals surface area contributed by atoms with Crippen molar-refractivity contribution in [1.82, 2.24) is 25.3 Å². The van der Waals surface area contributed by atoms with E-state index in [4.69, 9.17) is 4.74 Å². The number of hydrogen-bond donors (Lipinski definition) is 2. The molecule has 2 N–H and O–H groups in total. The molecule has 8 heteroatoms. The second-order valence-electron chi connectivity index (χ2n) is 8.10. The minimum atomic E-state index is -1.05. The fourth-order valence-electron chi connectivity index (χ4n) is 4.43. The maximum Gasteiger partial charge on any atom is 0.233 e. The summed E-state index contributed by atoms with van der Waals surface area (Å²) in [4.78, 5) is 0. The van der Waals surface area contributed by atoms with Crippen LogP contribution in [0.25, 0.3) is 22.5 Å². The third-order valence-corrected chi connectivity index (χ3v) is 5.97. The van der Waals surface area contributed by atoms with Gasteiger partial charge in [0.25, 0.3) is 0 Å². The Balaban J connectivity index is 1.31. The lowest BCUT2D eigenvalue weighted by atomic mass is 9.84. The summed E-state index contributed by atoms with van der Waals surface area (Å²) in [6, 6.07) is 10.8. The van der Waals surface area contributed by atoms with Gasteiger partial charge in [0.1, 0.15) is 11.9 Å². The van der Waals surface area contributed by atoms with Gasteiger partial charge in [0, 0.05) is 48.9 Å². The molecule has 0 aliphatic carbocycles. The normalized spacial score (nSPS) is 25.8. The number of fused-ring (bicyclic) bond motifs is 2. The number of ether oxygens (including phenoxy) is 1. The number of phenolic OH excluding ortho intramolecular Hbond substituents is 1. The summed E-state index contributed by atoms with van der Waals surface area (Å²) >= 11 is 0. The number of aryl methyl sites for hydroxylation is 1. The molecule has 2 fully saturated rings. The topological polar surface area (TPSA) is 85.1 Å². The number of aromatic nitrogens is 4. The number of hydrogen-bond acceptors (Lipinski definition) is 6. The van der Waals surface area contributed by atoms with E-state index >= 15 is 0 Å². The fraction of sp³-hybridized carbons (Fsp3) is 0.409. The van der Waals surface area contributed by atoms with Crippen molar-refractivity contribution in [3.05, 3.63) is 42.6 Å². The summed E-state index contributed by atoms with van der Waals surface area (Å²) in [6.07, 6.45) is 3.89. The van der Waals surface area contributed by atoms with E-state index in [0.717, 1.165) is 30.5 Å². The molecule has 4 atom stereocenters. The van der Waals surface area contributed by atoms with Crippen LogP contribution in [0.15, 0.2) is 42.6 Å². The molecule has 0 amide bonds. The average Bonchev–Trinajstić information content (AvgIpc) is 3.19. The summed E-state index contributed by atoms with van der Waals surface area (Å²) in [5.74, 6) is 0.395. The highest BCUT2D eigenvalue weighted by molar-refractivity contribution is 5.72. The van der Waals surface area contributed by atoms with Gasteiger partial charge >= 0.3 is 0 Å². The van der Waals surface area contributed by atoms with Gasteiger partial charge in [-0.05, 0) is 37.1 Å². The van der Waals surface area contributed by atoms with Crippen LogP contribution in [0.2, 0.25) is 0 Å². The highest BCUT2D eigenvalue weighted by Crippen LogP contribution is 2.33. The minimum Gasteiger partial charge on any atom is -0.507 e. The van der Waals surface area contributed by atoms with E-state index in [1.165, 1.54) is 0 Å². The SMILES string of the molecule is Cn1ccc(-c2ccc(-c3ccc(O[C@H]4CC5CCCC(N5)[C@H]4F)nn3)c(O)c2)n1. The predicted molar refractivity (Wildman–Crippen MR) is 110 cm³/mol. The zero-order chi connectivity index (χ0) is 20.7. The van der Waals surface area contributed by atoms with Crippen molar-refractivity contribution in [3.63, 3.8) is 0 Å². The van der Waals surface area contributed by atoms with E-state index in [1.807, 2.05) is 25.4 Å². The molecule has 2 bridgehead atoms. The molecule has 2 unspecified atom stereocenters. The van der Waals surface area contributed by atoms with Gasteiger partial charge in [0.15, 0.2) is 6.17 Å². The van der Waals surface area contributed by atoms with Crippen molar-refractivity contribution < 1.29 is 14.2 Å². The summed E-state index contributed by atoms with van der Waals surface area (Å²) in [5, 5.41) is 26.5. The summed E-state index contributed by atoms with van der Waals surface area (Å²) in [6.45, 7) is 0. The number of nitrogens with one attached hydrogen (secondary N) is 1. The maximum absolute atomic E-state index is 14.7. The first-order valence-corrected chi connectivity index (χ1v) is 10.3. The number of halogens is 1. The highest BCUT2D eigenvalue weighted by Gasteiger charge is 2.41. The van der Waals surface area contributed by atoms with Crippen LogP contribution in [-0.4, -0.2) is 49.4 Å². The van der Waals surface area contributed by atoms with Gasteiger partial charge in [-0.1, -0.05) is 12.5 Å². The van der Waals surface area contributed by atoms with Crippen LogP contribution in [0.1, 0.15) is 25.7 Å². The van der Waals surface area contributed by atoms with E-state index in [0.29, 0.717) is 29.6 Å². The molecule has 2 aliphatic heterocycles. The molecule has 0 radical (unpaired) electrons. The van der Waals surface area contributed by atoms with Crippen LogP contribution in [0.3, 0.4) is 0 Å². The largest absolute Gasteiger partial charge is 0.507 e. The van der Waals surface area contributed by atoms with Crippen molar-refractivity contribution in [2.24, 2.45) is 7.05 Å². The molecule has 2 saturated heterocycles. The molecule has 1 aromatic carbocycles. The first-order valence-electron chi connectivity index (χ1n) is 10.3. The van der Waals surface area contributed by atoms with Crippen molar-refractivity contribution in [2.45, 2.75) is 50.0 Å². The Morgan fingerprint density at radius 3 is 2.77 bits per heavy atom. The summed E-state index contributed by atoms with van der Waals surface area (Å²) in [5.41, 5.74) is 2.68. The molecule has 3 aromatic rings. The number of aromatic hydroxyl groups is 1. The third kappa shape index (κ3) is 3.63. The third-order valence-electron chi connectivity index (χ3n) is 5.97. The molecule has 7 nitrogen and oxygen atoms in total. The molecule has 2 aromatic heterocycles. The Morgan fingerprint density at radius 1 is 1.13 bits per heavy atom. The van der Waals surface area contributed by atoms with Crippen LogP contribution < -0.4 is 10.1 Å². The van der Waals surface area contributed by atoms with E-state index in [9.17, 15) is 9.50 Å². The van der Waals surface area contributed by atoms with Gasteiger partial charge in [-0.25, -0.2) is 4.39 Å². The van der Waals surface area contributed by atoms with E-state index in [2.05, 4.69) is 20.6 Å². The minimum absolute atomic E-state index is 0.0936. The Bertz CT molecular complexity index is 1040. The smallest absolute Gasteiger partial charge is 0.233 e. The van der Waals surface area contributed by atoms with Crippen LogP contribution in [0, 0.1) is 0 Å². The highest BCUT2D eigenvalue weighted by atomic mass is 19.1. The number of phenols is 1. The second-order valence-corrected chi connectivity index (χ2v) is 8.10. The van der Waals surface area contributed by atoms with Crippen LogP contribution in [0.4, 0.5) is 4.39 Å². The summed E-state index contributed by atoms with van der Waals surface area (Å²) in [7, 11) is 1.85. The Labute approximate surface area is 173 Å². The number of alkyl halides is 1. The lowest BCUT2D eigenvalue weighted by Crippen LogP contribution is -2.59. The monoisotopic (exact) mass is 409 g/mol. The second kappa shape index (κ2) is 7.68. The average molecular weight is 409 g/mol. The first kappa shape index (κ1) is 19.0. The fourth-order valence-corrected chi connectivity index (χ4v) is 4.43. The Morgan fingerprint density at radius 2 is 2.03 bits per heavy atom. The van der Waals surface area contributed by atoms with Crippen molar-refractivity contribution in [3.8, 4) is 34.1 Å². The standard InChI is InChI=1S/C22H24FN5O2/c1-28-10-9-16(27-28)13-5-6-15(19(29)11-13)17-7-8-21(26-25-17)30-20-12-14-3-2-4-18(24-14)22(20)23/h5-11,14,18,20,22,24,29H,2-4,12H2,1H3/t14?,18?,20-,22+/m0/s1. The van der Waals surface area contributed by atoms with Crippen molar-refractivity contribution in [2.75, 3.05) is 0 Å². The molecule has 30 heavy (non-hydrogen) atoms. The van der Waals surface area contributed by atoms with E-state index in [1.54, 1.807) is 28.9 Å². The van der Waals surface area contributed by atoms with Gasteiger partial charge in [-0.2, -0.15) is 5.10 Å². The Kier molecular flexibility index (Phi) is 4.86. The van der Waals surface area contributed by atoms with Gasteiger partial charge in [0.2, 0.25) is 5.88 Å². The Hall–Kier alpha value is -3.00. The quantitative estimate of drug-likeness (QED) is 0.688. The molecular weight excluding hydrogens is 385 g/mol. The van der Waals surface area contributed by atoms with E-state index in [-0.39, 0.29) is 11.8 Å². The zero-order valence-corrected chi connectivity index (χ0v) is 16.7. The van der Waals surface area contributed by atoms with Crippen LogP contribution >= 0.6 is 0 Å². The molecule has 5 rings (SSSR count). The van der Waals surface area contributed by atoms with Crippen molar-refractivity contribution >= 4 is 0 Å². The lowest BCUT2D eigenvalue weighted by molar-refractivity contribution is 0.00652. The van der Waals surface area contributed by atoms with Crippen LogP contribution in [-0.2, 0) is 7.05 Å². The predicted octanol–water partition coefficient (Wildman–Crippen LogP) is 3.25. The summed E-state index contributed by atoms with van der Waals surface area (Å²) < 4.78 is 22.3. The zero-order valence-electron chi connectivity index (χ0n) is 16.7. The number of nitrogens with zero attached hydrogens (tertiary/aromatic N) is 4. The van der Waals surface area contributed by atoms with Crippen LogP contribution in [0.5, 0.6) is 11.6 Å². The molecular formula is C22H24FN5O2. The van der Waals surface area contributed by atoms with E-state index < -0.39 is 12.3 Å².